The Labute approximate surface area is 189 Å². The van der Waals surface area contributed by atoms with E-state index in [1.54, 1.807) is 30.6 Å². The number of fused-ring (bicyclic) bond motifs is 1. The van der Waals surface area contributed by atoms with Gasteiger partial charge in [0, 0.05) is 31.9 Å². The lowest BCUT2D eigenvalue weighted by molar-refractivity contribution is 0.0975. The molecule has 0 unspecified atom stereocenters. The first-order valence-corrected chi connectivity index (χ1v) is 11.2. The van der Waals surface area contributed by atoms with Crippen LogP contribution in [0.5, 0.6) is 5.75 Å². The van der Waals surface area contributed by atoms with Crippen LogP contribution in [0.3, 0.4) is 0 Å². The summed E-state index contributed by atoms with van der Waals surface area (Å²) in [5, 5.41) is 11.2. The Hall–Kier alpha value is -2.35. The number of piperidine rings is 1. The van der Waals surface area contributed by atoms with Gasteiger partial charge in [0.05, 0.1) is 10.0 Å². The lowest BCUT2D eigenvalue weighted by atomic mass is 10.1. The fourth-order valence-corrected chi connectivity index (χ4v) is 4.26. The van der Waals surface area contributed by atoms with Crippen LogP contribution in [0.4, 0.5) is 0 Å². The molecule has 3 aromatic rings. The van der Waals surface area contributed by atoms with Gasteiger partial charge in [0.15, 0.2) is 11.5 Å². The van der Waals surface area contributed by atoms with Crippen LogP contribution in [0.15, 0.2) is 35.4 Å². The monoisotopic (exact) mass is 462 g/mol. The smallest absolute Gasteiger partial charge is 0.302 e. The summed E-state index contributed by atoms with van der Waals surface area (Å²) >= 11 is 12.0. The van der Waals surface area contributed by atoms with Crippen LogP contribution in [0.2, 0.25) is 10.0 Å². The van der Waals surface area contributed by atoms with Crippen molar-refractivity contribution < 1.29 is 9.90 Å². The fraction of sp³-hybridized carbons (Fsp3) is 0.409. The van der Waals surface area contributed by atoms with E-state index in [2.05, 4.69) is 9.88 Å². The maximum absolute atomic E-state index is 12.8. The van der Waals surface area contributed by atoms with Gasteiger partial charge in [-0.05, 0) is 50.0 Å². The highest BCUT2D eigenvalue weighted by atomic mass is 35.5. The van der Waals surface area contributed by atoms with Crippen LogP contribution in [-0.2, 0) is 13.0 Å². The number of hydrogen-bond donors (Lipinski definition) is 1. The van der Waals surface area contributed by atoms with Crippen molar-refractivity contribution in [2.75, 3.05) is 19.6 Å². The number of hydrogen-bond acceptors (Lipinski definition) is 5. The second-order valence-electron chi connectivity index (χ2n) is 7.85. The van der Waals surface area contributed by atoms with Crippen LogP contribution in [0, 0.1) is 0 Å². The summed E-state index contributed by atoms with van der Waals surface area (Å²) in [6, 6.07) is 5.17. The highest BCUT2D eigenvalue weighted by Gasteiger charge is 2.20. The van der Waals surface area contributed by atoms with Gasteiger partial charge in [-0.15, -0.1) is 0 Å². The quantitative estimate of drug-likeness (QED) is 0.539. The molecule has 1 N–H and O–H groups in total. The van der Waals surface area contributed by atoms with E-state index < -0.39 is 17.1 Å². The van der Waals surface area contributed by atoms with Crippen molar-refractivity contribution in [3.05, 3.63) is 62.2 Å². The van der Waals surface area contributed by atoms with E-state index in [1.807, 2.05) is 4.57 Å². The standard InChI is InChI=1S/C22H24Cl2N4O3/c23-16-6-4-15(14-17(16)24)5-7-18(29)19-20(30)21(31)28-13-12-27(22(28)25-19)11-10-26-8-2-1-3-9-26/h4,6,12-14,30H,1-3,5,7-11H2. The molecule has 1 fully saturated rings. The number of nitrogens with zero attached hydrogens (tertiary/aromatic N) is 4. The number of aryl methyl sites for hydroxylation is 1. The largest absolute Gasteiger partial charge is 0.501 e. The topological polar surface area (TPSA) is 79.8 Å². The van der Waals surface area contributed by atoms with E-state index in [0.717, 1.165) is 25.2 Å². The van der Waals surface area contributed by atoms with Crippen LogP contribution in [0.1, 0.15) is 41.7 Å². The number of rotatable bonds is 7. The molecule has 0 atom stereocenters. The minimum atomic E-state index is -0.639. The molecule has 31 heavy (non-hydrogen) atoms. The second kappa shape index (κ2) is 9.42. The zero-order valence-electron chi connectivity index (χ0n) is 17.1. The number of imidazole rings is 1. The number of likely N-dealkylation sites (tertiary alicyclic amines) is 1. The highest BCUT2D eigenvalue weighted by molar-refractivity contribution is 6.42. The van der Waals surface area contributed by atoms with E-state index in [4.69, 9.17) is 23.2 Å². The Bertz CT molecular complexity index is 1170. The van der Waals surface area contributed by atoms with E-state index in [1.165, 1.54) is 23.7 Å². The Morgan fingerprint density at radius 1 is 1.06 bits per heavy atom. The number of aromatic nitrogens is 3. The average molecular weight is 463 g/mol. The van der Waals surface area contributed by atoms with Crippen LogP contribution >= 0.6 is 23.2 Å². The van der Waals surface area contributed by atoms with Gasteiger partial charge < -0.3 is 14.6 Å². The van der Waals surface area contributed by atoms with Crippen LogP contribution < -0.4 is 5.56 Å². The zero-order chi connectivity index (χ0) is 22.0. The number of halogens is 2. The number of aromatic hydroxyl groups is 1. The number of carbonyl (C=O) groups excluding carboxylic acids is 1. The molecule has 1 aliphatic heterocycles. The average Bonchev–Trinajstić information content (AvgIpc) is 3.19. The van der Waals surface area contributed by atoms with Gasteiger partial charge in [-0.3, -0.25) is 9.59 Å². The Morgan fingerprint density at radius 2 is 1.84 bits per heavy atom. The van der Waals surface area contributed by atoms with Crippen molar-refractivity contribution in [2.45, 2.75) is 38.6 Å². The van der Waals surface area contributed by atoms with E-state index in [-0.39, 0.29) is 12.1 Å². The third-order valence-electron chi connectivity index (χ3n) is 5.72. The summed E-state index contributed by atoms with van der Waals surface area (Å²) in [6.07, 6.45) is 7.49. The van der Waals surface area contributed by atoms with Gasteiger partial charge in [0.25, 0.3) is 0 Å². The minimum absolute atomic E-state index is 0.0859. The van der Waals surface area contributed by atoms with E-state index in [9.17, 15) is 14.7 Å². The predicted octanol–water partition coefficient (Wildman–Crippen LogP) is 3.81. The summed E-state index contributed by atoms with van der Waals surface area (Å²) in [4.78, 5) is 32.1. The molecule has 0 saturated carbocycles. The molecule has 2 aromatic heterocycles. The molecule has 9 heteroatoms. The van der Waals surface area contributed by atoms with E-state index >= 15 is 0 Å². The van der Waals surface area contributed by atoms with Crippen molar-refractivity contribution in [1.82, 2.24) is 18.9 Å². The van der Waals surface area contributed by atoms with Gasteiger partial charge in [-0.2, -0.15) is 0 Å². The van der Waals surface area contributed by atoms with Crippen molar-refractivity contribution >= 4 is 34.8 Å². The highest BCUT2D eigenvalue weighted by Crippen LogP contribution is 2.24. The first-order valence-electron chi connectivity index (χ1n) is 10.4. The lowest BCUT2D eigenvalue weighted by Crippen LogP contribution is -2.32. The molecular formula is C22H24Cl2N4O3. The van der Waals surface area contributed by atoms with Gasteiger partial charge in [0.1, 0.15) is 0 Å². The minimum Gasteiger partial charge on any atom is -0.501 e. The molecule has 3 heterocycles. The molecular weight excluding hydrogens is 439 g/mol. The number of ketones is 1. The molecule has 4 rings (SSSR count). The maximum atomic E-state index is 12.8. The van der Waals surface area contributed by atoms with Crippen molar-refractivity contribution in [3.63, 3.8) is 0 Å². The summed E-state index contributed by atoms with van der Waals surface area (Å²) < 4.78 is 3.13. The van der Waals surface area contributed by atoms with Crippen molar-refractivity contribution in [3.8, 4) is 5.75 Å². The molecule has 0 aliphatic carbocycles. The SMILES string of the molecule is O=C(CCc1ccc(Cl)c(Cl)c1)c1nc2n(CCN3CCCCC3)ccn2c(=O)c1O. The van der Waals surface area contributed by atoms with Gasteiger partial charge in [0.2, 0.25) is 11.5 Å². The molecule has 1 aromatic carbocycles. The molecule has 0 spiro atoms. The first kappa shape index (κ1) is 21.9. The maximum Gasteiger partial charge on any atom is 0.302 e. The predicted molar refractivity (Wildman–Crippen MR) is 121 cm³/mol. The van der Waals surface area contributed by atoms with Crippen molar-refractivity contribution in [1.29, 1.82) is 0 Å². The van der Waals surface area contributed by atoms with Crippen LogP contribution in [0.25, 0.3) is 5.78 Å². The van der Waals surface area contributed by atoms with Gasteiger partial charge in [-0.25, -0.2) is 9.38 Å². The molecule has 1 saturated heterocycles. The molecule has 164 valence electrons. The number of benzene rings is 1. The molecule has 7 nitrogen and oxygen atoms in total. The summed E-state index contributed by atoms with van der Waals surface area (Å²) in [7, 11) is 0. The fourth-order valence-electron chi connectivity index (χ4n) is 3.94. The van der Waals surface area contributed by atoms with Crippen LogP contribution in [-0.4, -0.2) is 49.4 Å². The van der Waals surface area contributed by atoms with Gasteiger partial charge in [-0.1, -0.05) is 35.7 Å². The summed E-state index contributed by atoms with van der Waals surface area (Å²) in [5.74, 6) is -0.657. The van der Waals surface area contributed by atoms with E-state index in [0.29, 0.717) is 28.8 Å². The molecule has 0 amide bonds. The number of Topliss-reactive ketones (excluding diaryl/α,β-unsaturated/α-hetero) is 1. The summed E-state index contributed by atoms with van der Waals surface area (Å²) in [6.45, 7) is 3.66. The Balaban J connectivity index is 1.53. The summed E-state index contributed by atoms with van der Waals surface area (Å²) in [5.41, 5.74) is 0.00698. The zero-order valence-corrected chi connectivity index (χ0v) is 18.6. The molecule has 1 aliphatic rings. The van der Waals surface area contributed by atoms with Gasteiger partial charge >= 0.3 is 5.56 Å². The van der Waals surface area contributed by atoms with Crippen molar-refractivity contribution in [2.24, 2.45) is 0 Å². The third kappa shape index (κ3) is 4.79. The third-order valence-corrected chi connectivity index (χ3v) is 6.46. The molecule has 0 bridgehead atoms. The second-order valence-corrected chi connectivity index (χ2v) is 8.66. The normalized spacial score (nSPS) is 14.9. The number of carbonyl (C=O) groups is 1. The Kier molecular flexibility index (Phi) is 6.65. The molecule has 0 radical (unpaired) electrons. The lowest BCUT2D eigenvalue weighted by Gasteiger charge is -2.26. The first-order chi connectivity index (χ1) is 14.9. The Morgan fingerprint density at radius 3 is 2.58 bits per heavy atom.